The van der Waals surface area contributed by atoms with Gasteiger partial charge in [0, 0.05) is 11.7 Å². The minimum absolute atomic E-state index is 0.289. The molecule has 0 unspecified atom stereocenters. The zero-order valence-corrected chi connectivity index (χ0v) is 14.2. The Morgan fingerprint density at radius 2 is 1.91 bits per heavy atom. The van der Waals surface area contributed by atoms with E-state index in [0.717, 1.165) is 29.7 Å². The van der Waals surface area contributed by atoms with Gasteiger partial charge in [0.05, 0.1) is 10.7 Å². The number of hydrogen-bond acceptors (Lipinski definition) is 4. The van der Waals surface area contributed by atoms with Crippen LogP contribution in [0.25, 0.3) is 0 Å². The molecule has 0 bridgehead atoms. The third-order valence-electron chi connectivity index (χ3n) is 3.67. The van der Waals surface area contributed by atoms with Gasteiger partial charge >= 0.3 is 0 Å². The van der Waals surface area contributed by atoms with E-state index in [4.69, 9.17) is 11.6 Å². The molecule has 2 N–H and O–H groups in total. The molecule has 2 aromatic rings. The van der Waals surface area contributed by atoms with E-state index in [1.54, 1.807) is 6.07 Å². The second-order valence-corrected chi connectivity index (χ2v) is 6.44. The maximum Gasteiger partial charge on any atom is 0.274 e. The number of benzene rings is 1. The Hall–Kier alpha value is -2.14. The number of carbonyl (C=O) groups excluding carboxylic acids is 1. The molecule has 0 atom stereocenters. The normalized spacial score (nSPS) is 13.7. The second kappa shape index (κ2) is 6.16. The molecule has 1 saturated carbocycles. The standard InChI is InChI=1S/C17H19ClN4O/c1-9-6-10(2)15(13(18)7-9)22-16(23)14-8-11(3)19-17(21-14)20-12-4-5-12/h6-8,12H,4-5H2,1-3H3,(H,22,23)(H,19,20,21). The van der Waals surface area contributed by atoms with Crippen LogP contribution in [-0.2, 0) is 0 Å². The number of carbonyl (C=O) groups is 1. The fourth-order valence-corrected chi connectivity index (χ4v) is 2.78. The van der Waals surface area contributed by atoms with Crippen molar-refractivity contribution < 1.29 is 4.79 Å². The molecule has 0 radical (unpaired) electrons. The van der Waals surface area contributed by atoms with Gasteiger partial charge in [-0.25, -0.2) is 9.97 Å². The molecule has 0 spiro atoms. The van der Waals surface area contributed by atoms with E-state index in [1.165, 1.54) is 0 Å². The molecule has 3 rings (SSSR count). The van der Waals surface area contributed by atoms with Crippen LogP contribution in [-0.4, -0.2) is 21.9 Å². The molecule has 1 aliphatic carbocycles. The molecule has 5 nitrogen and oxygen atoms in total. The van der Waals surface area contributed by atoms with Crippen molar-refractivity contribution in [3.05, 3.63) is 45.7 Å². The fraction of sp³-hybridized carbons (Fsp3) is 0.353. The summed E-state index contributed by atoms with van der Waals surface area (Å²) in [5, 5.41) is 6.60. The summed E-state index contributed by atoms with van der Waals surface area (Å²) in [6.45, 7) is 5.73. The van der Waals surface area contributed by atoms with Gasteiger partial charge in [0.1, 0.15) is 5.69 Å². The maximum absolute atomic E-state index is 12.5. The van der Waals surface area contributed by atoms with Crippen LogP contribution in [0.2, 0.25) is 5.02 Å². The van der Waals surface area contributed by atoms with Gasteiger partial charge in [-0.1, -0.05) is 17.7 Å². The van der Waals surface area contributed by atoms with Gasteiger partial charge in [-0.15, -0.1) is 0 Å². The molecule has 1 aromatic carbocycles. The first kappa shape index (κ1) is 15.7. The average Bonchev–Trinajstić information content (AvgIpc) is 3.25. The number of aryl methyl sites for hydroxylation is 3. The van der Waals surface area contributed by atoms with Gasteiger partial charge in [0.15, 0.2) is 0 Å². The lowest BCUT2D eigenvalue weighted by Gasteiger charge is -2.12. The third-order valence-corrected chi connectivity index (χ3v) is 3.97. The van der Waals surface area contributed by atoms with Crippen LogP contribution >= 0.6 is 11.6 Å². The number of nitrogens with zero attached hydrogens (tertiary/aromatic N) is 2. The fourth-order valence-electron chi connectivity index (χ4n) is 2.41. The number of nitrogens with one attached hydrogen (secondary N) is 2. The maximum atomic E-state index is 12.5. The molecular formula is C17H19ClN4O. The Bertz CT molecular complexity index is 748. The summed E-state index contributed by atoms with van der Waals surface area (Å²) < 4.78 is 0. The number of aromatic nitrogens is 2. The van der Waals surface area contributed by atoms with Crippen LogP contribution in [0.1, 0.15) is 40.2 Å². The highest BCUT2D eigenvalue weighted by Crippen LogP contribution is 2.28. The lowest BCUT2D eigenvalue weighted by molar-refractivity contribution is 0.102. The number of hydrogen-bond donors (Lipinski definition) is 2. The summed E-state index contributed by atoms with van der Waals surface area (Å²) in [4.78, 5) is 21.2. The molecule has 1 aromatic heterocycles. The second-order valence-electron chi connectivity index (χ2n) is 6.03. The van der Waals surface area contributed by atoms with E-state index in [1.807, 2.05) is 32.9 Å². The summed E-state index contributed by atoms with van der Waals surface area (Å²) in [5.74, 6) is 0.215. The van der Waals surface area contributed by atoms with Gasteiger partial charge in [0.2, 0.25) is 5.95 Å². The summed E-state index contributed by atoms with van der Waals surface area (Å²) in [5.41, 5.74) is 3.68. The Morgan fingerprint density at radius 1 is 1.17 bits per heavy atom. The summed E-state index contributed by atoms with van der Waals surface area (Å²) in [6.07, 6.45) is 2.24. The lowest BCUT2D eigenvalue weighted by atomic mass is 10.1. The van der Waals surface area contributed by atoms with Crippen LogP contribution in [0.15, 0.2) is 18.2 Å². The SMILES string of the molecule is Cc1cc(C)c(NC(=O)c2cc(C)nc(NC3CC3)n2)c(Cl)c1. The highest BCUT2D eigenvalue weighted by Gasteiger charge is 2.23. The van der Waals surface area contributed by atoms with Crippen LogP contribution in [0.5, 0.6) is 0 Å². The molecule has 6 heteroatoms. The van der Waals surface area contributed by atoms with Crippen molar-refractivity contribution in [1.29, 1.82) is 0 Å². The van der Waals surface area contributed by atoms with E-state index < -0.39 is 0 Å². The molecule has 1 heterocycles. The monoisotopic (exact) mass is 330 g/mol. The van der Waals surface area contributed by atoms with E-state index in [-0.39, 0.29) is 5.91 Å². The Morgan fingerprint density at radius 3 is 2.57 bits per heavy atom. The Balaban J connectivity index is 1.84. The van der Waals surface area contributed by atoms with Crippen molar-refractivity contribution in [2.75, 3.05) is 10.6 Å². The summed E-state index contributed by atoms with van der Waals surface area (Å²) in [7, 11) is 0. The van der Waals surface area contributed by atoms with Crippen molar-refractivity contribution in [3.63, 3.8) is 0 Å². The lowest BCUT2D eigenvalue weighted by Crippen LogP contribution is -2.17. The van der Waals surface area contributed by atoms with Crippen molar-refractivity contribution in [2.24, 2.45) is 0 Å². The molecular weight excluding hydrogens is 312 g/mol. The Kier molecular flexibility index (Phi) is 4.22. The minimum atomic E-state index is -0.289. The first-order valence-corrected chi connectivity index (χ1v) is 8.00. The summed E-state index contributed by atoms with van der Waals surface area (Å²) in [6, 6.07) is 5.91. The quantitative estimate of drug-likeness (QED) is 0.892. The van der Waals surface area contributed by atoms with Crippen LogP contribution in [0, 0.1) is 20.8 Å². The highest BCUT2D eigenvalue weighted by molar-refractivity contribution is 6.34. The topological polar surface area (TPSA) is 66.9 Å². The molecule has 1 aliphatic rings. The zero-order valence-electron chi connectivity index (χ0n) is 13.4. The van der Waals surface area contributed by atoms with Gasteiger partial charge in [0.25, 0.3) is 5.91 Å². The first-order valence-electron chi connectivity index (χ1n) is 7.62. The molecule has 1 fully saturated rings. The molecule has 23 heavy (non-hydrogen) atoms. The van der Waals surface area contributed by atoms with E-state index in [2.05, 4.69) is 20.6 Å². The van der Waals surface area contributed by atoms with Crippen LogP contribution in [0.3, 0.4) is 0 Å². The van der Waals surface area contributed by atoms with Gasteiger partial charge < -0.3 is 10.6 Å². The zero-order chi connectivity index (χ0) is 16.6. The first-order chi connectivity index (χ1) is 10.9. The van der Waals surface area contributed by atoms with Gasteiger partial charge in [-0.2, -0.15) is 0 Å². The van der Waals surface area contributed by atoms with E-state index >= 15 is 0 Å². The molecule has 0 saturated heterocycles. The van der Waals surface area contributed by atoms with Crippen molar-refractivity contribution in [1.82, 2.24) is 9.97 Å². The van der Waals surface area contributed by atoms with Gasteiger partial charge in [-0.3, -0.25) is 4.79 Å². The van der Waals surface area contributed by atoms with Crippen LogP contribution < -0.4 is 10.6 Å². The van der Waals surface area contributed by atoms with E-state index in [0.29, 0.717) is 28.4 Å². The predicted molar refractivity (Wildman–Crippen MR) is 92.3 cm³/mol. The molecule has 1 amide bonds. The third kappa shape index (κ3) is 3.79. The van der Waals surface area contributed by atoms with Gasteiger partial charge in [-0.05, 0) is 56.9 Å². The number of rotatable bonds is 4. The number of halogens is 1. The molecule has 0 aliphatic heterocycles. The minimum Gasteiger partial charge on any atom is -0.351 e. The largest absolute Gasteiger partial charge is 0.351 e. The average molecular weight is 331 g/mol. The van der Waals surface area contributed by atoms with Crippen molar-refractivity contribution in [3.8, 4) is 0 Å². The highest BCUT2D eigenvalue weighted by atomic mass is 35.5. The molecule has 120 valence electrons. The van der Waals surface area contributed by atoms with E-state index in [9.17, 15) is 4.79 Å². The Labute approximate surface area is 140 Å². The van der Waals surface area contributed by atoms with Crippen LogP contribution in [0.4, 0.5) is 11.6 Å². The smallest absolute Gasteiger partial charge is 0.274 e. The number of amides is 1. The summed E-state index contributed by atoms with van der Waals surface area (Å²) >= 11 is 6.25. The van der Waals surface area contributed by atoms with Crippen molar-refractivity contribution >= 4 is 29.1 Å². The predicted octanol–water partition coefficient (Wildman–Crippen LogP) is 3.88. The van der Waals surface area contributed by atoms with Crippen molar-refractivity contribution in [2.45, 2.75) is 39.7 Å². The number of anilines is 2.